The Morgan fingerprint density at radius 2 is 1.66 bits per heavy atom. The third-order valence-electron chi connectivity index (χ3n) is 4.09. The molecule has 0 bridgehead atoms. The Kier molecular flexibility index (Phi) is 4.45. The molecule has 146 valence electrons. The van der Waals surface area contributed by atoms with E-state index in [0.29, 0.717) is 34.2 Å². The molecule has 3 heterocycles. The second kappa shape index (κ2) is 6.97. The molecule has 0 saturated heterocycles. The molecule has 1 aromatic carbocycles. The van der Waals surface area contributed by atoms with Crippen molar-refractivity contribution in [1.82, 2.24) is 29.7 Å². The van der Waals surface area contributed by atoms with Crippen LogP contribution >= 0.6 is 0 Å². The van der Waals surface area contributed by atoms with Crippen LogP contribution in [-0.4, -0.2) is 29.7 Å². The molecule has 10 heteroatoms. The molecule has 0 saturated carbocycles. The average molecular weight is 397 g/mol. The number of benzene rings is 1. The molecular formula is C19H14F3N7. The fourth-order valence-electron chi connectivity index (χ4n) is 2.66. The third kappa shape index (κ3) is 3.91. The lowest BCUT2D eigenvalue weighted by atomic mass is 10.1. The lowest BCUT2D eigenvalue weighted by molar-refractivity contribution is -0.137. The number of rotatable bonds is 3. The van der Waals surface area contributed by atoms with Gasteiger partial charge in [0.15, 0.2) is 5.82 Å². The summed E-state index contributed by atoms with van der Waals surface area (Å²) in [4.78, 5) is 17.0. The van der Waals surface area contributed by atoms with Gasteiger partial charge in [-0.25, -0.2) is 19.9 Å². The Balaban J connectivity index is 1.68. The van der Waals surface area contributed by atoms with Crippen LogP contribution in [0.1, 0.15) is 11.3 Å². The molecular weight excluding hydrogens is 383 g/mol. The van der Waals surface area contributed by atoms with Gasteiger partial charge >= 0.3 is 6.18 Å². The third-order valence-corrected chi connectivity index (χ3v) is 4.09. The minimum Gasteiger partial charge on any atom is -0.384 e. The SMILES string of the molecule is Cc1cc(-c2ccc(C(F)(F)F)cc2)nc(-n2cnc(-c3ccc(N)nc3)n2)n1. The molecule has 4 rings (SSSR count). The summed E-state index contributed by atoms with van der Waals surface area (Å²) in [7, 11) is 0. The second-order valence-corrected chi connectivity index (χ2v) is 6.25. The van der Waals surface area contributed by atoms with Crippen LogP contribution in [0.3, 0.4) is 0 Å². The van der Waals surface area contributed by atoms with Crippen LogP contribution in [0.25, 0.3) is 28.6 Å². The van der Waals surface area contributed by atoms with E-state index in [2.05, 4.69) is 25.0 Å². The number of hydrogen-bond acceptors (Lipinski definition) is 6. The van der Waals surface area contributed by atoms with Crippen molar-refractivity contribution in [2.75, 3.05) is 5.73 Å². The van der Waals surface area contributed by atoms with Crippen LogP contribution in [0.2, 0.25) is 0 Å². The summed E-state index contributed by atoms with van der Waals surface area (Å²) >= 11 is 0. The summed E-state index contributed by atoms with van der Waals surface area (Å²) in [5.74, 6) is 1.05. The van der Waals surface area contributed by atoms with Crippen molar-refractivity contribution >= 4 is 5.82 Å². The molecule has 4 aromatic rings. The molecule has 0 aliphatic rings. The van der Waals surface area contributed by atoms with Crippen molar-refractivity contribution in [2.24, 2.45) is 0 Å². The van der Waals surface area contributed by atoms with Crippen molar-refractivity contribution in [2.45, 2.75) is 13.1 Å². The minimum absolute atomic E-state index is 0.252. The molecule has 0 spiro atoms. The Morgan fingerprint density at radius 3 is 2.31 bits per heavy atom. The van der Waals surface area contributed by atoms with Crippen LogP contribution < -0.4 is 5.73 Å². The van der Waals surface area contributed by atoms with Gasteiger partial charge in [0.25, 0.3) is 5.95 Å². The lowest BCUT2D eigenvalue weighted by Crippen LogP contribution is -2.05. The standard InChI is InChI=1S/C19H14F3N7/c1-11-8-15(12-2-5-14(6-3-12)19(20,21)22)27-18(26-11)29-10-25-17(28-29)13-4-7-16(23)24-9-13/h2-10H,1H3,(H2,23,24). The largest absolute Gasteiger partial charge is 0.416 e. The predicted molar refractivity (Wildman–Crippen MR) is 99.8 cm³/mol. The maximum absolute atomic E-state index is 12.8. The molecule has 0 unspecified atom stereocenters. The van der Waals surface area contributed by atoms with E-state index in [9.17, 15) is 13.2 Å². The van der Waals surface area contributed by atoms with E-state index in [1.165, 1.54) is 23.1 Å². The Bertz CT molecular complexity index is 1150. The van der Waals surface area contributed by atoms with E-state index >= 15 is 0 Å². The summed E-state index contributed by atoms with van der Waals surface area (Å²) in [5.41, 5.74) is 7.19. The number of aromatic nitrogens is 6. The summed E-state index contributed by atoms with van der Waals surface area (Å²) in [6.45, 7) is 1.76. The molecule has 2 N–H and O–H groups in total. The van der Waals surface area contributed by atoms with Gasteiger partial charge in [0, 0.05) is 23.0 Å². The smallest absolute Gasteiger partial charge is 0.384 e. The number of alkyl halides is 3. The summed E-state index contributed by atoms with van der Waals surface area (Å²) in [6, 6.07) is 9.87. The Morgan fingerprint density at radius 1 is 0.931 bits per heavy atom. The summed E-state index contributed by atoms with van der Waals surface area (Å²) in [5, 5.41) is 4.35. The van der Waals surface area contributed by atoms with Gasteiger partial charge in [-0.1, -0.05) is 12.1 Å². The number of pyridine rings is 1. The predicted octanol–water partition coefficient (Wildman–Crippen LogP) is 3.70. The zero-order valence-electron chi connectivity index (χ0n) is 15.1. The number of halogens is 3. The van der Waals surface area contributed by atoms with E-state index in [4.69, 9.17) is 5.73 Å². The minimum atomic E-state index is -4.39. The van der Waals surface area contributed by atoms with E-state index in [-0.39, 0.29) is 5.95 Å². The second-order valence-electron chi connectivity index (χ2n) is 6.25. The monoisotopic (exact) mass is 397 g/mol. The van der Waals surface area contributed by atoms with Crippen molar-refractivity contribution in [1.29, 1.82) is 0 Å². The van der Waals surface area contributed by atoms with Crippen LogP contribution in [0.15, 0.2) is 55.0 Å². The zero-order chi connectivity index (χ0) is 20.6. The van der Waals surface area contributed by atoms with Gasteiger partial charge in [-0.05, 0) is 37.3 Å². The van der Waals surface area contributed by atoms with Gasteiger partial charge in [-0.2, -0.15) is 17.9 Å². The highest BCUT2D eigenvalue weighted by atomic mass is 19.4. The van der Waals surface area contributed by atoms with E-state index < -0.39 is 11.7 Å². The maximum atomic E-state index is 12.8. The zero-order valence-corrected chi connectivity index (χ0v) is 15.1. The van der Waals surface area contributed by atoms with E-state index in [1.54, 1.807) is 31.3 Å². The van der Waals surface area contributed by atoms with Crippen molar-refractivity contribution in [3.05, 3.63) is 66.2 Å². The number of hydrogen-bond donors (Lipinski definition) is 1. The van der Waals surface area contributed by atoms with Crippen molar-refractivity contribution < 1.29 is 13.2 Å². The molecule has 0 aliphatic heterocycles. The Hall–Kier alpha value is -3.82. The highest BCUT2D eigenvalue weighted by molar-refractivity contribution is 5.60. The first kappa shape index (κ1) is 18.5. The Labute approximate surface area is 163 Å². The van der Waals surface area contributed by atoms with Gasteiger partial charge in [0.05, 0.1) is 11.3 Å². The van der Waals surface area contributed by atoms with Crippen molar-refractivity contribution in [3.63, 3.8) is 0 Å². The first-order valence-electron chi connectivity index (χ1n) is 8.47. The first-order valence-corrected chi connectivity index (χ1v) is 8.47. The van der Waals surface area contributed by atoms with Gasteiger partial charge in [-0.15, -0.1) is 5.10 Å². The molecule has 0 aliphatic carbocycles. The highest BCUT2D eigenvalue weighted by Gasteiger charge is 2.30. The molecule has 0 atom stereocenters. The van der Waals surface area contributed by atoms with E-state index in [0.717, 1.165) is 12.1 Å². The van der Waals surface area contributed by atoms with E-state index in [1.807, 2.05) is 0 Å². The molecule has 0 radical (unpaired) electrons. The number of nitrogen functional groups attached to an aromatic ring is 1. The fraction of sp³-hybridized carbons (Fsp3) is 0.105. The number of nitrogens with zero attached hydrogens (tertiary/aromatic N) is 6. The number of aryl methyl sites for hydroxylation is 1. The van der Waals surface area contributed by atoms with Crippen LogP contribution in [0, 0.1) is 6.92 Å². The maximum Gasteiger partial charge on any atom is 0.416 e. The number of nitrogens with two attached hydrogens (primary N) is 1. The van der Waals surface area contributed by atoms with Gasteiger partial charge < -0.3 is 5.73 Å². The van der Waals surface area contributed by atoms with Crippen LogP contribution in [0.5, 0.6) is 0 Å². The van der Waals surface area contributed by atoms with Gasteiger partial charge in [0.1, 0.15) is 12.1 Å². The topological polar surface area (TPSA) is 95.4 Å². The molecule has 0 amide bonds. The van der Waals surface area contributed by atoms with Crippen LogP contribution in [-0.2, 0) is 6.18 Å². The van der Waals surface area contributed by atoms with Gasteiger partial charge in [-0.3, -0.25) is 0 Å². The number of anilines is 1. The quantitative estimate of drug-likeness (QED) is 0.566. The summed E-state index contributed by atoms with van der Waals surface area (Å²) in [6.07, 6.45) is -1.38. The normalized spacial score (nSPS) is 11.6. The average Bonchev–Trinajstić information content (AvgIpc) is 3.18. The first-order chi connectivity index (χ1) is 13.8. The molecule has 7 nitrogen and oxygen atoms in total. The van der Waals surface area contributed by atoms with Gasteiger partial charge in [0.2, 0.25) is 0 Å². The fourth-order valence-corrected chi connectivity index (χ4v) is 2.66. The molecule has 0 fully saturated rings. The lowest BCUT2D eigenvalue weighted by Gasteiger charge is -2.09. The molecule has 29 heavy (non-hydrogen) atoms. The van der Waals surface area contributed by atoms with Crippen LogP contribution in [0.4, 0.5) is 19.0 Å². The highest BCUT2D eigenvalue weighted by Crippen LogP contribution is 2.30. The molecule has 3 aromatic heterocycles. The van der Waals surface area contributed by atoms with Crippen molar-refractivity contribution in [3.8, 4) is 28.6 Å². The summed E-state index contributed by atoms with van der Waals surface area (Å²) < 4.78 is 39.7.